The van der Waals surface area contributed by atoms with E-state index < -0.39 is 81.3 Å². The third kappa shape index (κ3) is 5.78. The molecule has 3 heterocycles. The molecule has 1 aliphatic heterocycles. The molecule has 0 saturated carbocycles. The summed E-state index contributed by atoms with van der Waals surface area (Å²) >= 11 is 0. The van der Waals surface area contributed by atoms with Crippen LogP contribution in [-0.4, -0.2) is 51.7 Å². The van der Waals surface area contributed by atoms with E-state index in [1.54, 1.807) is 0 Å². The Morgan fingerprint density at radius 2 is 1.67 bits per heavy atom. The predicted octanol–water partition coefficient (Wildman–Crippen LogP) is 4.67. The lowest BCUT2D eigenvalue weighted by Crippen LogP contribution is -2.44. The molecular formula is C24H19F7N4O3S. The van der Waals surface area contributed by atoms with Gasteiger partial charge in [0.2, 0.25) is 15.8 Å². The van der Waals surface area contributed by atoms with Gasteiger partial charge in [-0.1, -0.05) is 0 Å². The van der Waals surface area contributed by atoms with Gasteiger partial charge in [0.15, 0.2) is 17.4 Å². The largest absolute Gasteiger partial charge is 0.451 e. The first-order valence-electron chi connectivity index (χ1n) is 11.4. The number of aromatic nitrogens is 3. The molecule has 2 aromatic heterocycles. The van der Waals surface area contributed by atoms with Gasteiger partial charge in [0.05, 0.1) is 28.9 Å². The van der Waals surface area contributed by atoms with Gasteiger partial charge < -0.3 is 0 Å². The zero-order valence-corrected chi connectivity index (χ0v) is 20.8. The van der Waals surface area contributed by atoms with Crippen molar-refractivity contribution >= 4 is 15.8 Å². The van der Waals surface area contributed by atoms with Crippen LogP contribution in [0.5, 0.6) is 0 Å². The van der Waals surface area contributed by atoms with E-state index in [-0.39, 0.29) is 23.2 Å². The molecule has 4 rings (SSSR count). The van der Waals surface area contributed by atoms with Crippen molar-refractivity contribution in [3.8, 4) is 11.3 Å². The van der Waals surface area contributed by atoms with Crippen molar-refractivity contribution in [1.82, 2.24) is 19.3 Å². The highest BCUT2D eigenvalue weighted by Gasteiger charge is 2.48. The van der Waals surface area contributed by atoms with E-state index in [9.17, 15) is 43.9 Å². The van der Waals surface area contributed by atoms with Crippen molar-refractivity contribution in [3.05, 3.63) is 71.7 Å². The number of ketones is 1. The summed E-state index contributed by atoms with van der Waals surface area (Å²) < 4.78 is 121. The van der Waals surface area contributed by atoms with Gasteiger partial charge in [0.25, 0.3) is 0 Å². The number of carbonyl (C=O) groups is 1. The van der Waals surface area contributed by atoms with Crippen molar-refractivity contribution < 1.29 is 43.9 Å². The first kappa shape index (κ1) is 28.5. The van der Waals surface area contributed by atoms with E-state index in [0.29, 0.717) is 16.4 Å². The lowest BCUT2D eigenvalue weighted by atomic mass is 10.0. The Kier molecular flexibility index (Phi) is 7.76. The Morgan fingerprint density at radius 1 is 1.00 bits per heavy atom. The quantitative estimate of drug-likeness (QED) is 0.380. The number of Topliss-reactive ketones (excluding diaryl/α,β-unsaturated/α-hetero) is 1. The SMILES string of the molecule is C[C@H]1[C@H](F)C[C@@H](C(=O)CCc2cc(-c3cnc(C(F)(F)F)nc3)ncc2F)N1S(=O)(=O)c1ccc(F)c(F)c1. The van der Waals surface area contributed by atoms with Crippen LogP contribution in [0.25, 0.3) is 11.3 Å². The molecule has 3 aromatic rings. The van der Waals surface area contributed by atoms with Gasteiger partial charge in [-0.05, 0) is 43.2 Å². The first-order chi connectivity index (χ1) is 18.2. The second-order valence-electron chi connectivity index (χ2n) is 8.84. The van der Waals surface area contributed by atoms with E-state index >= 15 is 0 Å². The van der Waals surface area contributed by atoms with Crippen LogP contribution in [0.4, 0.5) is 30.7 Å². The monoisotopic (exact) mass is 576 g/mol. The van der Waals surface area contributed by atoms with Crippen LogP contribution in [0.3, 0.4) is 0 Å². The van der Waals surface area contributed by atoms with Gasteiger partial charge in [0.1, 0.15) is 12.0 Å². The minimum atomic E-state index is -4.76. The van der Waals surface area contributed by atoms with E-state index in [1.165, 1.54) is 13.0 Å². The summed E-state index contributed by atoms with van der Waals surface area (Å²) in [5, 5.41) is 0. The molecule has 0 N–H and O–H groups in total. The van der Waals surface area contributed by atoms with Crippen molar-refractivity contribution in [1.29, 1.82) is 0 Å². The molecule has 1 fully saturated rings. The molecule has 7 nitrogen and oxygen atoms in total. The number of nitrogens with zero attached hydrogens (tertiary/aromatic N) is 4. The topological polar surface area (TPSA) is 93.1 Å². The van der Waals surface area contributed by atoms with E-state index in [4.69, 9.17) is 0 Å². The molecule has 0 aliphatic carbocycles. The zero-order chi connectivity index (χ0) is 28.7. The third-order valence-electron chi connectivity index (χ3n) is 6.30. The van der Waals surface area contributed by atoms with Gasteiger partial charge >= 0.3 is 6.18 Å². The number of hydrogen-bond donors (Lipinski definition) is 0. The number of alkyl halides is 4. The second-order valence-corrected chi connectivity index (χ2v) is 10.7. The number of benzene rings is 1. The van der Waals surface area contributed by atoms with Crippen LogP contribution in [0.15, 0.2) is 47.8 Å². The zero-order valence-electron chi connectivity index (χ0n) is 20.0. The molecule has 0 unspecified atom stereocenters. The molecule has 39 heavy (non-hydrogen) atoms. The fourth-order valence-electron chi connectivity index (χ4n) is 4.24. The maximum atomic E-state index is 14.6. The van der Waals surface area contributed by atoms with Crippen LogP contribution in [0.1, 0.15) is 31.2 Å². The number of carbonyl (C=O) groups excluding carboxylic acids is 1. The van der Waals surface area contributed by atoms with Crippen molar-refractivity contribution in [2.24, 2.45) is 0 Å². The molecule has 0 amide bonds. The number of pyridine rings is 1. The Hall–Kier alpha value is -3.46. The van der Waals surface area contributed by atoms with Gasteiger partial charge in [-0.2, -0.15) is 17.5 Å². The molecule has 1 aromatic carbocycles. The van der Waals surface area contributed by atoms with Gasteiger partial charge in [0, 0.05) is 30.8 Å². The fourth-order valence-corrected chi connectivity index (χ4v) is 6.08. The highest BCUT2D eigenvalue weighted by Crippen LogP contribution is 2.35. The standard InChI is InChI=1S/C24H19F7N4O3S/c1-12-17(26)8-21(35(12)39(37,38)15-3-4-16(25)18(27)7-15)22(36)5-2-13-6-20(32-11-19(13)28)14-9-33-23(34-10-14)24(29,30)31/h3-4,6-7,9-12,17,21H,2,5,8H2,1H3/t12-,17+,21-/m0/s1. The molecule has 1 aliphatic rings. The van der Waals surface area contributed by atoms with Crippen LogP contribution >= 0.6 is 0 Å². The Morgan fingerprint density at radius 3 is 2.28 bits per heavy atom. The summed E-state index contributed by atoms with van der Waals surface area (Å²) in [6, 6.07) is 0.231. The lowest BCUT2D eigenvalue weighted by molar-refractivity contribution is -0.145. The first-order valence-corrected chi connectivity index (χ1v) is 12.8. The maximum Gasteiger partial charge on any atom is 0.451 e. The van der Waals surface area contributed by atoms with Crippen molar-refractivity contribution in [3.63, 3.8) is 0 Å². The predicted molar refractivity (Wildman–Crippen MR) is 122 cm³/mol. The third-order valence-corrected chi connectivity index (χ3v) is 8.29. The van der Waals surface area contributed by atoms with Gasteiger partial charge in [-0.25, -0.2) is 35.9 Å². The van der Waals surface area contributed by atoms with Crippen molar-refractivity contribution in [2.45, 2.75) is 55.5 Å². The number of rotatable bonds is 7. The number of halogens is 7. The number of hydrogen-bond acceptors (Lipinski definition) is 6. The fraction of sp³-hybridized carbons (Fsp3) is 0.333. The van der Waals surface area contributed by atoms with E-state index in [0.717, 1.165) is 24.7 Å². The minimum Gasteiger partial charge on any atom is -0.298 e. The Balaban J connectivity index is 1.54. The van der Waals surface area contributed by atoms with E-state index in [2.05, 4.69) is 15.0 Å². The maximum absolute atomic E-state index is 14.6. The molecule has 0 radical (unpaired) electrons. The highest BCUT2D eigenvalue weighted by molar-refractivity contribution is 7.89. The normalized spacial score (nSPS) is 20.4. The molecule has 3 atom stereocenters. The van der Waals surface area contributed by atoms with Crippen LogP contribution in [0.2, 0.25) is 0 Å². The van der Waals surface area contributed by atoms with Crippen molar-refractivity contribution in [2.75, 3.05) is 0 Å². The lowest BCUT2D eigenvalue weighted by Gasteiger charge is -2.26. The number of aryl methyl sites for hydroxylation is 1. The molecule has 1 saturated heterocycles. The molecule has 0 spiro atoms. The highest BCUT2D eigenvalue weighted by atomic mass is 32.2. The van der Waals surface area contributed by atoms with Gasteiger partial charge in [-0.15, -0.1) is 0 Å². The van der Waals surface area contributed by atoms with Crippen LogP contribution in [0, 0.1) is 17.5 Å². The average molecular weight is 576 g/mol. The van der Waals surface area contributed by atoms with E-state index in [1.807, 2.05) is 0 Å². The minimum absolute atomic E-state index is 0.0217. The summed E-state index contributed by atoms with van der Waals surface area (Å²) in [7, 11) is -4.61. The molecule has 15 heteroatoms. The summed E-state index contributed by atoms with van der Waals surface area (Å²) in [5.41, 5.74) is 0.00351. The smallest absolute Gasteiger partial charge is 0.298 e. The van der Waals surface area contributed by atoms with Crippen LogP contribution < -0.4 is 0 Å². The summed E-state index contributed by atoms with van der Waals surface area (Å²) in [5.74, 6) is -5.69. The second kappa shape index (κ2) is 10.6. The summed E-state index contributed by atoms with van der Waals surface area (Å²) in [6.07, 6.45) is -5.19. The Bertz CT molecular complexity index is 1500. The van der Waals surface area contributed by atoms with Gasteiger partial charge in [-0.3, -0.25) is 9.78 Å². The molecule has 0 bridgehead atoms. The molecular weight excluding hydrogens is 557 g/mol. The summed E-state index contributed by atoms with van der Waals surface area (Å²) in [4.78, 5) is 22.6. The number of sulfonamides is 1. The van der Waals surface area contributed by atoms with Crippen LogP contribution in [-0.2, 0) is 27.4 Å². The summed E-state index contributed by atoms with van der Waals surface area (Å²) in [6.45, 7) is 1.23. The Labute approximate surface area is 217 Å². The molecule has 208 valence electrons. The average Bonchev–Trinajstić information content (AvgIpc) is 3.19.